The van der Waals surface area contributed by atoms with Gasteiger partial charge in [-0.3, -0.25) is 23.5 Å². The Morgan fingerprint density at radius 2 is 1.95 bits per heavy atom. The van der Waals surface area contributed by atoms with E-state index in [9.17, 15) is 37.4 Å². The number of fused-ring (bicyclic) bond motifs is 1. The van der Waals surface area contributed by atoms with Crippen molar-refractivity contribution in [1.29, 1.82) is 0 Å². The number of carbonyl (C=O) groups excluding carboxylic acids is 3. The number of aromatic nitrogens is 1. The molecule has 1 fully saturated rings. The molecule has 0 spiro atoms. The second kappa shape index (κ2) is 12.6. The van der Waals surface area contributed by atoms with Gasteiger partial charge in [0.05, 0.1) is 22.4 Å². The molecule has 4 rings (SSSR count). The number of benzene rings is 2. The summed E-state index contributed by atoms with van der Waals surface area (Å²) in [4.78, 5) is 60.4. The molecule has 0 radical (unpaired) electrons. The number of ketones is 1. The summed E-state index contributed by atoms with van der Waals surface area (Å²) in [5.41, 5.74) is 0.473. The second-order valence-corrected chi connectivity index (χ2v) is 11.7. The summed E-state index contributed by atoms with van der Waals surface area (Å²) in [6.07, 6.45) is -2.15. The van der Waals surface area contributed by atoms with Gasteiger partial charge < -0.3 is 29.5 Å². The molecule has 3 N–H and O–H groups in total. The number of Topliss-reactive ketones (excluding diaryl/α,β-unsaturated/α-hetero) is 1. The van der Waals surface area contributed by atoms with Gasteiger partial charge >= 0.3 is 13.8 Å². The zero-order valence-corrected chi connectivity index (χ0v) is 23.6. The third-order valence-corrected chi connectivity index (χ3v) is 8.32. The fourth-order valence-electron chi connectivity index (χ4n) is 4.62. The van der Waals surface area contributed by atoms with Crippen molar-refractivity contribution in [3.05, 3.63) is 64.6 Å². The number of nitrogens with zero attached hydrogens (tertiary/aromatic N) is 2. The number of carboxylic acid groups (broad SMARTS) is 1. The van der Waals surface area contributed by atoms with E-state index in [4.69, 9.17) is 21.2 Å². The monoisotopic (exact) mass is 627 g/mol. The third kappa shape index (κ3) is 6.79. The van der Waals surface area contributed by atoms with Crippen LogP contribution in [0.15, 0.2) is 42.6 Å². The standard InChI is InChI=1S/C26H25ClF2N3O9P/c1-14(33)19-11-31(21-8-17(5-6-18(19)21)42(38,39)41-13-40-26(36)37)12-23(34)32-10-16(28)7-22(32)25(35)30-9-15-3-2-4-20(27)24(15)29/h2-6,8,11,16,22H,7,9-10,12-13H2,1H3,(H,30,35)(H,36,37)(H,38,39)/t16-,22+/m1/s1. The number of amides is 2. The van der Waals surface area contributed by atoms with Crippen molar-refractivity contribution in [2.75, 3.05) is 13.3 Å². The molecule has 12 nitrogen and oxygen atoms in total. The Balaban J connectivity index is 1.56. The average molecular weight is 628 g/mol. The predicted octanol–water partition coefficient (Wildman–Crippen LogP) is 3.37. The van der Waals surface area contributed by atoms with Crippen molar-refractivity contribution in [1.82, 2.24) is 14.8 Å². The van der Waals surface area contributed by atoms with Gasteiger partial charge in [-0.25, -0.2) is 13.6 Å². The highest BCUT2D eigenvalue weighted by Gasteiger charge is 2.40. The molecule has 1 unspecified atom stereocenters. The maximum Gasteiger partial charge on any atom is 0.507 e. The minimum atomic E-state index is -4.59. The Kier molecular flexibility index (Phi) is 9.31. The van der Waals surface area contributed by atoms with E-state index in [1.165, 1.54) is 54.1 Å². The first kappa shape index (κ1) is 31.1. The van der Waals surface area contributed by atoms with E-state index in [-0.39, 0.29) is 52.3 Å². The molecule has 3 aromatic rings. The molecule has 224 valence electrons. The first-order chi connectivity index (χ1) is 19.8. The largest absolute Gasteiger partial charge is 0.507 e. The van der Waals surface area contributed by atoms with Gasteiger partial charge in [-0.1, -0.05) is 29.8 Å². The van der Waals surface area contributed by atoms with Crippen LogP contribution < -0.4 is 10.6 Å². The molecule has 42 heavy (non-hydrogen) atoms. The van der Waals surface area contributed by atoms with Crippen molar-refractivity contribution in [3.63, 3.8) is 0 Å². The summed E-state index contributed by atoms with van der Waals surface area (Å²) in [6.45, 7) is -0.822. The lowest BCUT2D eigenvalue weighted by molar-refractivity contribution is -0.139. The van der Waals surface area contributed by atoms with Gasteiger partial charge in [0.15, 0.2) is 5.78 Å². The highest BCUT2D eigenvalue weighted by atomic mass is 35.5. The van der Waals surface area contributed by atoms with Crippen LogP contribution in [0.2, 0.25) is 5.02 Å². The number of hydrogen-bond acceptors (Lipinski definition) is 7. The third-order valence-electron chi connectivity index (χ3n) is 6.64. The fourth-order valence-corrected chi connectivity index (χ4v) is 5.71. The number of hydrogen-bond donors (Lipinski definition) is 3. The molecule has 2 amide bonds. The predicted molar refractivity (Wildman–Crippen MR) is 145 cm³/mol. The van der Waals surface area contributed by atoms with Gasteiger partial charge in [0.25, 0.3) is 0 Å². The van der Waals surface area contributed by atoms with E-state index >= 15 is 0 Å². The minimum Gasteiger partial charge on any atom is -0.450 e. The van der Waals surface area contributed by atoms with Gasteiger partial charge in [-0.15, -0.1) is 0 Å². The maximum absolute atomic E-state index is 14.4. The molecule has 2 heterocycles. The van der Waals surface area contributed by atoms with Crippen molar-refractivity contribution >= 4 is 59.2 Å². The molecule has 1 saturated heterocycles. The molecule has 1 aliphatic heterocycles. The van der Waals surface area contributed by atoms with Crippen LogP contribution in [0, 0.1) is 5.82 Å². The number of rotatable bonds is 10. The van der Waals surface area contributed by atoms with Crippen molar-refractivity contribution in [2.24, 2.45) is 0 Å². The summed E-state index contributed by atoms with van der Waals surface area (Å²) >= 11 is 5.77. The van der Waals surface area contributed by atoms with E-state index in [1.807, 2.05) is 0 Å². The van der Waals surface area contributed by atoms with E-state index in [1.54, 1.807) is 0 Å². The van der Waals surface area contributed by atoms with Crippen LogP contribution in [0.25, 0.3) is 10.9 Å². The molecule has 2 aromatic carbocycles. The van der Waals surface area contributed by atoms with Crippen LogP contribution >= 0.6 is 19.2 Å². The van der Waals surface area contributed by atoms with Gasteiger partial charge in [0, 0.05) is 35.7 Å². The quantitative estimate of drug-likeness (QED) is 0.132. The molecule has 0 aliphatic carbocycles. The van der Waals surface area contributed by atoms with Gasteiger partial charge in [0.2, 0.25) is 18.6 Å². The van der Waals surface area contributed by atoms with E-state index in [0.717, 1.165) is 4.90 Å². The average Bonchev–Trinajstić information content (AvgIpc) is 3.49. The topological polar surface area (TPSA) is 164 Å². The molecular weight excluding hydrogens is 603 g/mol. The highest BCUT2D eigenvalue weighted by Crippen LogP contribution is 2.41. The number of halogens is 3. The van der Waals surface area contributed by atoms with Crippen LogP contribution in [-0.4, -0.2) is 68.8 Å². The Hall–Kier alpha value is -3.84. The Morgan fingerprint density at radius 3 is 2.64 bits per heavy atom. The van der Waals surface area contributed by atoms with Crippen molar-refractivity contribution in [2.45, 2.75) is 38.6 Å². The van der Waals surface area contributed by atoms with E-state index in [0.29, 0.717) is 5.39 Å². The SMILES string of the molecule is CC(=O)c1cn(CC(=O)N2C[C@H](F)C[C@H]2C(=O)NCc2cccc(Cl)c2F)c2cc(P(=O)(O)OCOC(=O)O)ccc12. The van der Waals surface area contributed by atoms with Crippen LogP contribution in [0.3, 0.4) is 0 Å². The summed E-state index contributed by atoms with van der Waals surface area (Å²) in [6, 6.07) is 6.85. The normalized spacial score (nSPS) is 18.1. The van der Waals surface area contributed by atoms with E-state index in [2.05, 4.69) is 10.1 Å². The lowest BCUT2D eigenvalue weighted by Gasteiger charge is -2.24. The van der Waals surface area contributed by atoms with Crippen LogP contribution in [0.5, 0.6) is 0 Å². The number of carbonyl (C=O) groups is 4. The molecule has 1 aliphatic rings. The van der Waals surface area contributed by atoms with Gasteiger partial charge in [-0.2, -0.15) is 0 Å². The van der Waals surface area contributed by atoms with Crippen molar-refractivity contribution < 1.29 is 51.8 Å². The Morgan fingerprint density at radius 1 is 1.21 bits per heavy atom. The highest BCUT2D eigenvalue weighted by molar-refractivity contribution is 7.61. The lowest BCUT2D eigenvalue weighted by Crippen LogP contribution is -2.46. The summed E-state index contributed by atoms with van der Waals surface area (Å²) in [7, 11) is -4.59. The first-order valence-electron chi connectivity index (χ1n) is 12.4. The van der Waals surface area contributed by atoms with Gasteiger partial charge in [-0.05, 0) is 25.1 Å². The van der Waals surface area contributed by atoms with Crippen LogP contribution in [0.1, 0.15) is 29.3 Å². The Labute approximate surface area is 242 Å². The van der Waals surface area contributed by atoms with Crippen LogP contribution in [0.4, 0.5) is 13.6 Å². The number of nitrogens with one attached hydrogen (secondary N) is 1. The smallest absolute Gasteiger partial charge is 0.450 e. The van der Waals surface area contributed by atoms with Crippen LogP contribution in [-0.2, 0) is 36.5 Å². The summed E-state index contributed by atoms with van der Waals surface area (Å²) in [5, 5.41) is 11.0. The second-order valence-electron chi connectivity index (χ2n) is 9.43. The number of likely N-dealkylation sites (tertiary alicyclic amines) is 1. The van der Waals surface area contributed by atoms with Crippen molar-refractivity contribution in [3.8, 4) is 0 Å². The number of alkyl halides is 1. The molecular formula is C26H25ClF2N3O9P. The fraction of sp³-hybridized carbons (Fsp3) is 0.308. The first-order valence-corrected chi connectivity index (χ1v) is 14.4. The van der Waals surface area contributed by atoms with E-state index < -0.39 is 56.9 Å². The molecule has 16 heteroatoms. The number of ether oxygens (including phenoxy) is 1. The maximum atomic E-state index is 14.4. The zero-order chi connectivity index (χ0) is 30.8. The summed E-state index contributed by atoms with van der Waals surface area (Å²) in [5.74, 6) is -2.46. The lowest BCUT2D eigenvalue weighted by atomic mass is 10.1. The zero-order valence-electron chi connectivity index (χ0n) is 22.0. The molecule has 3 atom stereocenters. The minimum absolute atomic E-state index is 0.106. The molecule has 0 bridgehead atoms. The Bertz CT molecular complexity index is 1620. The van der Waals surface area contributed by atoms with Gasteiger partial charge in [0.1, 0.15) is 24.6 Å². The molecule has 1 aromatic heterocycles. The summed E-state index contributed by atoms with van der Waals surface area (Å²) < 4.78 is 51.5. The molecule has 0 saturated carbocycles.